The molecule has 0 bridgehead atoms. The van der Waals surface area contributed by atoms with Gasteiger partial charge in [-0.15, -0.1) is 0 Å². The van der Waals surface area contributed by atoms with E-state index < -0.39 is 7.14 Å². The first kappa shape index (κ1) is 11.0. The SMILES string of the molecule is CC(C)=C(C)C(C)P(C)(C)=O. The molecule has 66 valence electrons. The van der Waals surface area contributed by atoms with Crippen LogP contribution in [-0.2, 0) is 4.57 Å². The number of rotatable bonds is 2. The van der Waals surface area contributed by atoms with E-state index in [2.05, 4.69) is 20.8 Å². The Morgan fingerprint density at radius 3 is 1.64 bits per heavy atom. The van der Waals surface area contributed by atoms with E-state index in [1.807, 2.05) is 20.3 Å². The van der Waals surface area contributed by atoms with E-state index in [4.69, 9.17) is 0 Å². The summed E-state index contributed by atoms with van der Waals surface area (Å²) < 4.78 is 11.6. The van der Waals surface area contributed by atoms with Crippen molar-refractivity contribution in [1.82, 2.24) is 0 Å². The molecule has 0 spiro atoms. The molecule has 0 fully saturated rings. The van der Waals surface area contributed by atoms with Gasteiger partial charge in [0.25, 0.3) is 0 Å². The number of hydrogen-bond donors (Lipinski definition) is 0. The van der Waals surface area contributed by atoms with Gasteiger partial charge in [0.15, 0.2) is 0 Å². The second kappa shape index (κ2) is 3.58. The van der Waals surface area contributed by atoms with Crippen LogP contribution in [-0.4, -0.2) is 19.0 Å². The molecule has 0 saturated heterocycles. The Hall–Kier alpha value is -0.0300. The van der Waals surface area contributed by atoms with Gasteiger partial charge >= 0.3 is 0 Å². The van der Waals surface area contributed by atoms with Gasteiger partial charge in [-0.1, -0.05) is 18.1 Å². The van der Waals surface area contributed by atoms with Gasteiger partial charge < -0.3 is 4.57 Å². The third-order valence-corrected chi connectivity index (χ3v) is 4.60. The molecule has 0 aliphatic rings. The highest BCUT2D eigenvalue weighted by Crippen LogP contribution is 2.45. The Morgan fingerprint density at radius 1 is 1.18 bits per heavy atom. The number of allylic oxidation sites excluding steroid dienone is 2. The zero-order chi connectivity index (χ0) is 9.23. The van der Waals surface area contributed by atoms with Gasteiger partial charge in [-0.05, 0) is 34.1 Å². The average Bonchev–Trinajstić information content (AvgIpc) is 1.82. The molecule has 1 unspecified atom stereocenters. The first-order valence-corrected chi connectivity index (χ1v) is 6.62. The minimum Gasteiger partial charge on any atom is -0.324 e. The van der Waals surface area contributed by atoms with Gasteiger partial charge in [0.1, 0.15) is 0 Å². The van der Waals surface area contributed by atoms with Gasteiger partial charge in [-0.2, -0.15) is 0 Å². The van der Waals surface area contributed by atoms with E-state index in [9.17, 15) is 4.57 Å². The summed E-state index contributed by atoms with van der Waals surface area (Å²) in [7, 11) is -1.92. The Balaban J connectivity index is 4.66. The van der Waals surface area contributed by atoms with Crippen molar-refractivity contribution < 1.29 is 4.57 Å². The first-order valence-electron chi connectivity index (χ1n) is 3.95. The van der Waals surface area contributed by atoms with E-state index >= 15 is 0 Å². The molecule has 0 aromatic rings. The summed E-state index contributed by atoms with van der Waals surface area (Å²) in [5.74, 6) is 0. The second-order valence-electron chi connectivity index (χ2n) is 3.79. The van der Waals surface area contributed by atoms with E-state index in [1.165, 1.54) is 11.1 Å². The van der Waals surface area contributed by atoms with Crippen LogP contribution >= 0.6 is 7.14 Å². The predicted molar refractivity (Wildman–Crippen MR) is 53.0 cm³/mol. The van der Waals surface area contributed by atoms with Crippen molar-refractivity contribution in [3.05, 3.63) is 11.1 Å². The number of hydrogen-bond acceptors (Lipinski definition) is 1. The van der Waals surface area contributed by atoms with Crippen LogP contribution in [0.5, 0.6) is 0 Å². The van der Waals surface area contributed by atoms with Gasteiger partial charge in [-0.3, -0.25) is 0 Å². The van der Waals surface area contributed by atoms with E-state index in [-0.39, 0.29) is 5.66 Å². The summed E-state index contributed by atoms with van der Waals surface area (Å²) in [5.41, 5.74) is 2.81. The van der Waals surface area contributed by atoms with Gasteiger partial charge in [-0.25, -0.2) is 0 Å². The van der Waals surface area contributed by atoms with Crippen LogP contribution < -0.4 is 0 Å². The molecule has 0 amide bonds. The molecule has 0 rings (SSSR count). The van der Waals surface area contributed by atoms with E-state index in [1.54, 1.807) is 0 Å². The van der Waals surface area contributed by atoms with Crippen LogP contribution in [0.4, 0.5) is 0 Å². The molecule has 1 nitrogen and oxygen atoms in total. The van der Waals surface area contributed by atoms with E-state index in [0.717, 1.165) is 0 Å². The maximum Gasteiger partial charge on any atom is 0.0884 e. The normalized spacial score (nSPS) is 14.4. The topological polar surface area (TPSA) is 17.1 Å². The molecule has 1 atom stereocenters. The summed E-state index contributed by atoms with van der Waals surface area (Å²) in [4.78, 5) is 0. The molecule has 0 aromatic carbocycles. The molecule has 11 heavy (non-hydrogen) atoms. The lowest BCUT2D eigenvalue weighted by Crippen LogP contribution is -2.04. The zero-order valence-electron chi connectivity index (χ0n) is 8.43. The molecule has 2 heteroatoms. The minimum atomic E-state index is -1.92. The summed E-state index contributed by atoms with van der Waals surface area (Å²) in [6, 6.07) is 0. The van der Waals surface area contributed by atoms with Crippen LogP contribution in [0.15, 0.2) is 11.1 Å². The highest BCUT2D eigenvalue weighted by molar-refractivity contribution is 7.63. The molecule has 0 saturated carbocycles. The quantitative estimate of drug-likeness (QED) is 0.463. The molecule has 0 N–H and O–H groups in total. The van der Waals surface area contributed by atoms with Crippen LogP contribution in [0.2, 0.25) is 0 Å². The van der Waals surface area contributed by atoms with Crippen molar-refractivity contribution in [1.29, 1.82) is 0 Å². The Kier molecular flexibility index (Phi) is 3.57. The highest BCUT2D eigenvalue weighted by Gasteiger charge is 2.19. The third-order valence-electron chi connectivity index (χ3n) is 2.35. The van der Waals surface area contributed by atoms with E-state index in [0.29, 0.717) is 0 Å². The maximum atomic E-state index is 11.6. The van der Waals surface area contributed by atoms with Gasteiger partial charge in [0.05, 0.1) is 7.14 Å². The lowest BCUT2D eigenvalue weighted by molar-refractivity contribution is 0.577. The Labute approximate surface area is 70.3 Å². The fraction of sp³-hybridized carbons (Fsp3) is 0.778. The largest absolute Gasteiger partial charge is 0.324 e. The summed E-state index contributed by atoms with van der Waals surface area (Å²) in [6.45, 7) is 12.0. The molecular weight excluding hydrogens is 155 g/mol. The fourth-order valence-corrected chi connectivity index (χ4v) is 2.08. The second-order valence-corrected chi connectivity index (χ2v) is 7.44. The standard InChI is InChI=1S/C9H19OP/c1-7(2)8(3)9(4)11(5,6)10/h9H,1-6H3. The van der Waals surface area contributed by atoms with Gasteiger partial charge in [0.2, 0.25) is 0 Å². The molecule has 0 radical (unpaired) electrons. The molecule has 0 heterocycles. The first-order chi connectivity index (χ1) is 4.76. The Bertz CT molecular complexity index is 206. The summed E-state index contributed by atoms with van der Waals surface area (Å²) >= 11 is 0. The molecule has 0 aliphatic carbocycles. The monoisotopic (exact) mass is 174 g/mol. The minimum absolute atomic E-state index is 0.243. The van der Waals surface area contributed by atoms with Crippen molar-refractivity contribution in [3.63, 3.8) is 0 Å². The maximum absolute atomic E-state index is 11.6. The smallest absolute Gasteiger partial charge is 0.0884 e. The predicted octanol–water partition coefficient (Wildman–Crippen LogP) is 3.35. The lowest BCUT2D eigenvalue weighted by atomic mass is 10.1. The third kappa shape index (κ3) is 3.25. The van der Waals surface area contributed by atoms with Gasteiger partial charge in [0, 0.05) is 5.66 Å². The fourth-order valence-electron chi connectivity index (χ4n) is 0.884. The van der Waals surface area contributed by atoms with Crippen molar-refractivity contribution in [2.24, 2.45) is 0 Å². The van der Waals surface area contributed by atoms with Crippen LogP contribution in [0.1, 0.15) is 27.7 Å². The average molecular weight is 174 g/mol. The Morgan fingerprint density at radius 2 is 1.55 bits per heavy atom. The van der Waals surface area contributed by atoms with Crippen LogP contribution in [0.3, 0.4) is 0 Å². The highest BCUT2D eigenvalue weighted by atomic mass is 31.2. The van der Waals surface area contributed by atoms with Crippen molar-refractivity contribution >= 4 is 7.14 Å². The molecular formula is C9H19OP. The summed E-state index contributed by atoms with van der Waals surface area (Å²) in [5, 5.41) is 0. The van der Waals surface area contributed by atoms with Crippen molar-refractivity contribution in [2.45, 2.75) is 33.4 Å². The molecule has 0 aliphatic heterocycles. The summed E-state index contributed by atoms with van der Waals surface area (Å²) in [6.07, 6.45) is 0. The van der Waals surface area contributed by atoms with Crippen LogP contribution in [0, 0.1) is 0 Å². The lowest BCUT2D eigenvalue weighted by Gasteiger charge is -2.18. The molecule has 0 aromatic heterocycles. The van der Waals surface area contributed by atoms with Crippen LogP contribution in [0.25, 0.3) is 0 Å². The zero-order valence-corrected chi connectivity index (χ0v) is 9.33. The van der Waals surface area contributed by atoms with Crippen molar-refractivity contribution in [2.75, 3.05) is 13.3 Å². The van der Waals surface area contributed by atoms with Crippen molar-refractivity contribution in [3.8, 4) is 0 Å².